The van der Waals surface area contributed by atoms with Crippen molar-refractivity contribution in [2.75, 3.05) is 31.6 Å². The van der Waals surface area contributed by atoms with Gasteiger partial charge in [-0.2, -0.15) is 0 Å². The summed E-state index contributed by atoms with van der Waals surface area (Å²) in [6, 6.07) is 5.87. The van der Waals surface area contributed by atoms with Crippen molar-refractivity contribution in [1.29, 1.82) is 0 Å². The zero-order valence-electron chi connectivity index (χ0n) is 11.5. The summed E-state index contributed by atoms with van der Waals surface area (Å²) in [5, 5.41) is 3.58. The SMILES string of the molecule is CNC(=O)C1CN(c2ncc3cc(Br)ccc3n2)CCO1. The lowest BCUT2D eigenvalue weighted by molar-refractivity contribution is -0.132. The number of fused-ring (bicyclic) bond motifs is 1. The molecule has 1 saturated heterocycles. The Labute approximate surface area is 130 Å². The molecule has 1 amide bonds. The van der Waals surface area contributed by atoms with Gasteiger partial charge in [0.05, 0.1) is 18.7 Å². The predicted octanol–water partition coefficient (Wildman–Crippen LogP) is 1.34. The number of morpholine rings is 1. The van der Waals surface area contributed by atoms with Crippen LogP contribution in [0.1, 0.15) is 0 Å². The molecule has 1 aliphatic rings. The number of rotatable bonds is 2. The first-order chi connectivity index (χ1) is 10.2. The Morgan fingerprint density at radius 1 is 1.52 bits per heavy atom. The summed E-state index contributed by atoms with van der Waals surface area (Å²) in [6.45, 7) is 1.62. The van der Waals surface area contributed by atoms with Crippen LogP contribution in [-0.4, -0.2) is 48.7 Å². The molecule has 21 heavy (non-hydrogen) atoms. The molecule has 110 valence electrons. The fourth-order valence-electron chi connectivity index (χ4n) is 2.30. The first kappa shape index (κ1) is 14.2. The van der Waals surface area contributed by atoms with E-state index in [1.807, 2.05) is 23.1 Å². The van der Waals surface area contributed by atoms with Gasteiger partial charge >= 0.3 is 0 Å². The lowest BCUT2D eigenvalue weighted by Crippen LogP contribution is -2.49. The van der Waals surface area contributed by atoms with Crippen molar-refractivity contribution in [1.82, 2.24) is 15.3 Å². The molecule has 0 aliphatic carbocycles. The van der Waals surface area contributed by atoms with E-state index in [2.05, 4.69) is 31.2 Å². The van der Waals surface area contributed by atoms with Gasteiger partial charge < -0.3 is 15.0 Å². The first-order valence-corrected chi connectivity index (χ1v) is 7.47. The third-order valence-corrected chi connectivity index (χ3v) is 3.91. The number of halogens is 1. The average Bonchev–Trinajstić information content (AvgIpc) is 2.53. The highest BCUT2D eigenvalue weighted by molar-refractivity contribution is 9.10. The number of nitrogens with one attached hydrogen (secondary N) is 1. The number of nitrogens with zero attached hydrogens (tertiary/aromatic N) is 3. The Morgan fingerprint density at radius 2 is 2.38 bits per heavy atom. The molecule has 1 atom stereocenters. The van der Waals surface area contributed by atoms with Crippen LogP contribution in [0.15, 0.2) is 28.9 Å². The van der Waals surface area contributed by atoms with Gasteiger partial charge in [-0.25, -0.2) is 9.97 Å². The van der Waals surface area contributed by atoms with Crippen LogP contribution in [0.3, 0.4) is 0 Å². The fraction of sp³-hybridized carbons (Fsp3) is 0.357. The van der Waals surface area contributed by atoms with Crippen molar-refractivity contribution < 1.29 is 9.53 Å². The second-order valence-electron chi connectivity index (χ2n) is 4.79. The highest BCUT2D eigenvalue weighted by Gasteiger charge is 2.27. The number of aromatic nitrogens is 2. The molecular formula is C14H15BrN4O2. The third-order valence-electron chi connectivity index (χ3n) is 3.42. The monoisotopic (exact) mass is 350 g/mol. The molecule has 1 fully saturated rings. The Morgan fingerprint density at radius 3 is 3.19 bits per heavy atom. The third kappa shape index (κ3) is 2.98. The van der Waals surface area contributed by atoms with Crippen LogP contribution < -0.4 is 10.2 Å². The number of hydrogen-bond donors (Lipinski definition) is 1. The quantitative estimate of drug-likeness (QED) is 0.885. The van der Waals surface area contributed by atoms with Crippen molar-refractivity contribution in [2.24, 2.45) is 0 Å². The highest BCUT2D eigenvalue weighted by atomic mass is 79.9. The van der Waals surface area contributed by atoms with Crippen LogP contribution in [0.4, 0.5) is 5.95 Å². The van der Waals surface area contributed by atoms with Gasteiger partial charge in [0.25, 0.3) is 5.91 Å². The van der Waals surface area contributed by atoms with Gasteiger partial charge in [-0.3, -0.25) is 4.79 Å². The second kappa shape index (κ2) is 5.95. The van der Waals surface area contributed by atoms with E-state index in [9.17, 15) is 4.79 Å². The maximum Gasteiger partial charge on any atom is 0.250 e. The second-order valence-corrected chi connectivity index (χ2v) is 5.71. The van der Waals surface area contributed by atoms with E-state index in [1.165, 1.54) is 0 Å². The number of carbonyl (C=O) groups is 1. The summed E-state index contributed by atoms with van der Waals surface area (Å²) in [6.07, 6.45) is 1.32. The highest BCUT2D eigenvalue weighted by Crippen LogP contribution is 2.20. The molecule has 3 rings (SSSR count). The number of ether oxygens (including phenoxy) is 1. The number of amides is 1. The number of carbonyl (C=O) groups excluding carboxylic acids is 1. The molecule has 0 saturated carbocycles. The zero-order valence-corrected chi connectivity index (χ0v) is 13.1. The standard InChI is InChI=1S/C14H15BrN4O2/c1-16-13(20)12-8-19(4-5-21-12)14-17-7-9-6-10(15)2-3-11(9)18-14/h2-3,6-7,12H,4-5,8H2,1H3,(H,16,20). The summed E-state index contributed by atoms with van der Waals surface area (Å²) in [7, 11) is 1.61. The predicted molar refractivity (Wildman–Crippen MR) is 83.3 cm³/mol. The average molecular weight is 351 g/mol. The normalized spacial score (nSPS) is 18.8. The van der Waals surface area contributed by atoms with Crippen molar-refractivity contribution in [2.45, 2.75) is 6.10 Å². The summed E-state index contributed by atoms with van der Waals surface area (Å²) in [4.78, 5) is 22.6. The Hall–Kier alpha value is -1.73. The van der Waals surface area contributed by atoms with Crippen molar-refractivity contribution in [3.63, 3.8) is 0 Å². The fourth-order valence-corrected chi connectivity index (χ4v) is 2.68. The van der Waals surface area contributed by atoms with Crippen molar-refractivity contribution >= 4 is 38.7 Å². The summed E-state index contributed by atoms with van der Waals surface area (Å²) in [5.41, 5.74) is 0.881. The van der Waals surface area contributed by atoms with E-state index in [0.29, 0.717) is 25.6 Å². The van der Waals surface area contributed by atoms with Crippen LogP contribution in [0.5, 0.6) is 0 Å². The molecule has 0 radical (unpaired) electrons. The maximum atomic E-state index is 11.7. The van der Waals surface area contributed by atoms with Gasteiger partial charge in [0.1, 0.15) is 0 Å². The molecular weight excluding hydrogens is 336 g/mol. The number of likely N-dealkylation sites (N-methyl/N-ethyl adjacent to an activating group) is 1. The number of anilines is 1. The molecule has 0 spiro atoms. The van der Waals surface area contributed by atoms with Crippen molar-refractivity contribution in [3.8, 4) is 0 Å². The molecule has 2 heterocycles. The van der Waals surface area contributed by atoms with Crippen LogP contribution in [0.25, 0.3) is 10.9 Å². The van der Waals surface area contributed by atoms with Gasteiger partial charge in [-0.1, -0.05) is 15.9 Å². The van der Waals surface area contributed by atoms with Gasteiger partial charge in [-0.05, 0) is 18.2 Å². The van der Waals surface area contributed by atoms with Crippen LogP contribution in [0, 0.1) is 0 Å². The van der Waals surface area contributed by atoms with Gasteiger partial charge in [0.15, 0.2) is 6.10 Å². The molecule has 1 aromatic heterocycles. The van der Waals surface area contributed by atoms with E-state index in [0.717, 1.165) is 15.4 Å². The van der Waals surface area contributed by atoms with Gasteiger partial charge in [-0.15, -0.1) is 0 Å². The molecule has 0 bridgehead atoms. The van der Waals surface area contributed by atoms with E-state index in [4.69, 9.17) is 4.74 Å². The van der Waals surface area contributed by atoms with E-state index in [-0.39, 0.29) is 5.91 Å². The molecule has 2 aromatic rings. The summed E-state index contributed by atoms with van der Waals surface area (Å²) >= 11 is 3.43. The maximum absolute atomic E-state index is 11.7. The molecule has 1 aliphatic heterocycles. The molecule has 1 aromatic carbocycles. The van der Waals surface area contributed by atoms with E-state index >= 15 is 0 Å². The van der Waals surface area contributed by atoms with Crippen LogP contribution in [-0.2, 0) is 9.53 Å². The Kier molecular flexibility index (Phi) is 4.03. The summed E-state index contributed by atoms with van der Waals surface area (Å²) < 4.78 is 6.47. The Balaban J connectivity index is 1.86. The number of hydrogen-bond acceptors (Lipinski definition) is 5. The van der Waals surface area contributed by atoms with Crippen LogP contribution in [0.2, 0.25) is 0 Å². The lowest BCUT2D eigenvalue weighted by atomic mass is 10.2. The van der Waals surface area contributed by atoms with Gasteiger partial charge in [0, 0.05) is 29.6 Å². The molecule has 6 nitrogen and oxygen atoms in total. The minimum Gasteiger partial charge on any atom is -0.365 e. The zero-order chi connectivity index (χ0) is 14.8. The van der Waals surface area contributed by atoms with Crippen LogP contribution >= 0.6 is 15.9 Å². The minimum atomic E-state index is -0.479. The first-order valence-electron chi connectivity index (χ1n) is 6.68. The number of benzene rings is 1. The van der Waals surface area contributed by atoms with E-state index < -0.39 is 6.10 Å². The molecule has 1 N–H and O–H groups in total. The molecule has 7 heteroatoms. The molecule has 1 unspecified atom stereocenters. The van der Waals surface area contributed by atoms with Gasteiger partial charge in [0.2, 0.25) is 5.95 Å². The van der Waals surface area contributed by atoms with E-state index in [1.54, 1.807) is 13.2 Å². The smallest absolute Gasteiger partial charge is 0.250 e. The topological polar surface area (TPSA) is 67.4 Å². The lowest BCUT2D eigenvalue weighted by Gasteiger charge is -2.31. The van der Waals surface area contributed by atoms with Crippen molar-refractivity contribution in [3.05, 3.63) is 28.9 Å². The Bertz CT molecular complexity index is 679. The summed E-state index contributed by atoms with van der Waals surface area (Å²) in [5.74, 6) is 0.506. The minimum absolute atomic E-state index is 0.121. The largest absolute Gasteiger partial charge is 0.365 e.